The molecule has 1 aliphatic carbocycles. The van der Waals surface area contributed by atoms with Gasteiger partial charge in [-0.25, -0.2) is 0 Å². The van der Waals surface area contributed by atoms with Crippen LogP contribution in [-0.4, -0.2) is 0 Å². The van der Waals surface area contributed by atoms with Gasteiger partial charge in [0, 0.05) is 6.04 Å². The molecule has 1 aromatic rings. The highest BCUT2D eigenvalue weighted by Crippen LogP contribution is 2.52. The molecule has 2 aliphatic heterocycles. The topological polar surface area (TPSA) is 12.0 Å². The molecule has 1 nitrogen and oxygen atoms in total. The van der Waals surface area contributed by atoms with Crippen molar-refractivity contribution in [1.29, 1.82) is 0 Å². The van der Waals surface area contributed by atoms with Crippen LogP contribution in [0.15, 0.2) is 35.4 Å². The van der Waals surface area contributed by atoms with Gasteiger partial charge in [0.15, 0.2) is 0 Å². The molecule has 0 fully saturated rings. The lowest BCUT2D eigenvalue weighted by Gasteiger charge is -2.39. The maximum absolute atomic E-state index is 3.87. The van der Waals surface area contributed by atoms with Gasteiger partial charge in [0.1, 0.15) is 0 Å². The lowest BCUT2D eigenvalue weighted by molar-refractivity contribution is 0.349. The number of rotatable bonds is 0. The first-order chi connectivity index (χ1) is 8.29. The standard InChI is InChI=1S/C16H19N/c1-16-13-8-4-2-6-11(13)10-15(17-16)12-7-3-5-9-14(12)16/h3,5,7,9,15,17H,2,4,6,8,10H2,1H3/t15-,16+/m1/s1. The van der Waals surface area contributed by atoms with Crippen LogP contribution < -0.4 is 5.32 Å². The molecule has 3 aliphatic rings. The Labute approximate surface area is 103 Å². The van der Waals surface area contributed by atoms with E-state index >= 15 is 0 Å². The molecule has 1 aromatic carbocycles. The Hall–Kier alpha value is -1.08. The van der Waals surface area contributed by atoms with E-state index < -0.39 is 0 Å². The van der Waals surface area contributed by atoms with Crippen LogP contribution in [0.5, 0.6) is 0 Å². The van der Waals surface area contributed by atoms with E-state index in [-0.39, 0.29) is 5.54 Å². The molecule has 0 saturated carbocycles. The number of benzene rings is 1. The smallest absolute Gasteiger partial charge is 0.0632 e. The summed E-state index contributed by atoms with van der Waals surface area (Å²) in [7, 11) is 0. The summed E-state index contributed by atoms with van der Waals surface area (Å²) < 4.78 is 0. The summed E-state index contributed by atoms with van der Waals surface area (Å²) in [6.45, 7) is 2.39. The predicted molar refractivity (Wildman–Crippen MR) is 69.8 cm³/mol. The van der Waals surface area contributed by atoms with E-state index in [1.165, 1.54) is 37.7 Å². The predicted octanol–water partition coefficient (Wildman–Crippen LogP) is 3.82. The van der Waals surface area contributed by atoms with Gasteiger partial charge in [-0.3, -0.25) is 5.32 Å². The van der Waals surface area contributed by atoms with Crippen molar-refractivity contribution in [2.45, 2.75) is 50.6 Å². The van der Waals surface area contributed by atoms with Crippen LogP contribution in [0.3, 0.4) is 0 Å². The van der Waals surface area contributed by atoms with E-state index in [4.69, 9.17) is 0 Å². The zero-order chi connectivity index (χ0) is 11.5. The third-order valence-corrected chi connectivity index (χ3v) is 4.97. The molecule has 17 heavy (non-hydrogen) atoms. The van der Waals surface area contributed by atoms with Gasteiger partial charge in [-0.05, 0) is 55.7 Å². The normalized spacial score (nSPS) is 34.5. The molecular formula is C16H19N. The van der Waals surface area contributed by atoms with Gasteiger partial charge in [-0.15, -0.1) is 0 Å². The highest BCUT2D eigenvalue weighted by molar-refractivity contribution is 5.51. The van der Waals surface area contributed by atoms with E-state index in [0.29, 0.717) is 6.04 Å². The molecule has 2 atom stereocenters. The number of nitrogens with one attached hydrogen (secondary N) is 1. The van der Waals surface area contributed by atoms with Crippen molar-refractivity contribution in [1.82, 2.24) is 5.32 Å². The zero-order valence-corrected chi connectivity index (χ0v) is 10.4. The molecule has 2 heterocycles. The Morgan fingerprint density at radius 1 is 1.18 bits per heavy atom. The molecule has 0 amide bonds. The summed E-state index contributed by atoms with van der Waals surface area (Å²) in [6.07, 6.45) is 6.68. The second-order valence-corrected chi connectivity index (χ2v) is 5.90. The van der Waals surface area contributed by atoms with Gasteiger partial charge in [0.25, 0.3) is 0 Å². The van der Waals surface area contributed by atoms with Crippen LogP contribution in [0.4, 0.5) is 0 Å². The Bertz CT molecular complexity index is 514. The van der Waals surface area contributed by atoms with Gasteiger partial charge >= 0.3 is 0 Å². The summed E-state index contributed by atoms with van der Waals surface area (Å²) in [6, 6.07) is 9.59. The summed E-state index contributed by atoms with van der Waals surface area (Å²) in [5, 5.41) is 3.87. The minimum absolute atomic E-state index is 0.148. The summed E-state index contributed by atoms with van der Waals surface area (Å²) in [4.78, 5) is 0. The average molecular weight is 225 g/mol. The first-order valence-corrected chi connectivity index (χ1v) is 6.87. The second-order valence-electron chi connectivity index (χ2n) is 5.90. The second kappa shape index (κ2) is 3.23. The van der Waals surface area contributed by atoms with Gasteiger partial charge in [-0.2, -0.15) is 0 Å². The van der Waals surface area contributed by atoms with E-state index in [9.17, 15) is 0 Å². The molecular weight excluding hydrogens is 206 g/mol. The molecule has 88 valence electrons. The summed E-state index contributed by atoms with van der Waals surface area (Å²) in [5.41, 5.74) is 6.71. The molecule has 0 unspecified atom stereocenters. The van der Waals surface area contributed by atoms with E-state index in [0.717, 1.165) is 0 Å². The van der Waals surface area contributed by atoms with Crippen LogP contribution in [0.1, 0.15) is 56.2 Å². The van der Waals surface area contributed by atoms with Gasteiger partial charge < -0.3 is 0 Å². The summed E-state index contributed by atoms with van der Waals surface area (Å²) >= 11 is 0. The molecule has 1 N–H and O–H groups in total. The molecule has 4 rings (SSSR count). The number of hydrogen-bond acceptors (Lipinski definition) is 1. The fourth-order valence-corrected chi connectivity index (χ4v) is 4.21. The van der Waals surface area contributed by atoms with Crippen molar-refractivity contribution in [2.24, 2.45) is 0 Å². The maximum atomic E-state index is 3.87. The SMILES string of the molecule is C[C@]12N[C@H](CC3=C1CCCC3)c1ccccc12. The molecule has 0 spiro atoms. The highest BCUT2D eigenvalue weighted by atomic mass is 15.1. The Kier molecular flexibility index (Phi) is 1.88. The average Bonchev–Trinajstić information content (AvgIpc) is 2.61. The lowest BCUT2D eigenvalue weighted by Crippen LogP contribution is -2.41. The first kappa shape index (κ1) is 9.90. The van der Waals surface area contributed by atoms with E-state index in [2.05, 4.69) is 36.5 Å². The van der Waals surface area contributed by atoms with Crippen LogP contribution in [0.25, 0.3) is 0 Å². The lowest BCUT2D eigenvalue weighted by atomic mass is 9.75. The van der Waals surface area contributed by atoms with Gasteiger partial charge in [0.05, 0.1) is 5.54 Å². The zero-order valence-electron chi connectivity index (χ0n) is 10.4. The van der Waals surface area contributed by atoms with Crippen LogP contribution >= 0.6 is 0 Å². The van der Waals surface area contributed by atoms with Crippen molar-refractivity contribution < 1.29 is 0 Å². The van der Waals surface area contributed by atoms with Crippen molar-refractivity contribution in [3.05, 3.63) is 46.5 Å². The maximum Gasteiger partial charge on any atom is 0.0632 e. The first-order valence-electron chi connectivity index (χ1n) is 6.87. The largest absolute Gasteiger partial charge is 0.297 e. The Balaban J connectivity index is 1.94. The summed E-state index contributed by atoms with van der Waals surface area (Å²) in [5.74, 6) is 0. The van der Waals surface area contributed by atoms with E-state index in [1.54, 1.807) is 16.7 Å². The highest BCUT2D eigenvalue weighted by Gasteiger charge is 2.46. The fraction of sp³-hybridized carbons (Fsp3) is 0.500. The third kappa shape index (κ3) is 1.18. The Morgan fingerprint density at radius 2 is 2.00 bits per heavy atom. The Morgan fingerprint density at radius 3 is 2.94 bits per heavy atom. The molecule has 0 radical (unpaired) electrons. The van der Waals surface area contributed by atoms with Crippen molar-refractivity contribution in [3.63, 3.8) is 0 Å². The van der Waals surface area contributed by atoms with Crippen LogP contribution in [-0.2, 0) is 5.54 Å². The van der Waals surface area contributed by atoms with Gasteiger partial charge in [0.2, 0.25) is 0 Å². The van der Waals surface area contributed by atoms with Crippen LogP contribution in [0, 0.1) is 0 Å². The quantitative estimate of drug-likeness (QED) is 0.662. The molecule has 2 bridgehead atoms. The monoisotopic (exact) mass is 225 g/mol. The minimum atomic E-state index is 0.148. The molecule has 0 saturated heterocycles. The minimum Gasteiger partial charge on any atom is -0.297 e. The molecule has 0 aromatic heterocycles. The van der Waals surface area contributed by atoms with Crippen molar-refractivity contribution in [3.8, 4) is 0 Å². The van der Waals surface area contributed by atoms with E-state index in [1.807, 2.05) is 0 Å². The van der Waals surface area contributed by atoms with Crippen molar-refractivity contribution >= 4 is 0 Å². The fourth-order valence-electron chi connectivity index (χ4n) is 4.21. The number of fused-ring (bicyclic) bond motifs is 6. The number of hydrogen-bond donors (Lipinski definition) is 1. The molecule has 1 heteroatoms. The van der Waals surface area contributed by atoms with Gasteiger partial charge in [-0.1, -0.05) is 29.8 Å². The third-order valence-electron chi connectivity index (χ3n) is 4.97. The van der Waals surface area contributed by atoms with Crippen LogP contribution in [0.2, 0.25) is 0 Å². The van der Waals surface area contributed by atoms with Crippen molar-refractivity contribution in [2.75, 3.05) is 0 Å².